The first kappa shape index (κ1) is 10.7. The summed E-state index contributed by atoms with van der Waals surface area (Å²) in [5.74, 6) is 0. The van der Waals surface area contributed by atoms with Crippen LogP contribution in [0.15, 0.2) is 24.3 Å². The van der Waals surface area contributed by atoms with Gasteiger partial charge in [-0.15, -0.1) is 0 Å². The summed E-state index contributed by atoms with van der Waals surface area (Å²) >= 11 is 0. The highest BCUT2D eigenvalue weighted by molar-refractivity contribution is 5.37. The molecule has 15 heavy (non-hydrogen) atoms. The van der Waals surface area contributed by atoms with E-state index in [0.29, 0.717) is 12.1 Å². The first-order chi connectivity index (χ1) is 7.27. The molecule has 0 radical (unpaired) electrons. The summed E-state index contributed by atoms with van der Waals surface area (Å²) in [6, 6.07) is 9.88. The fourth-order valence-corrected chi connectivity index (χ4v) is 2.57. The third-order valence-corrected chi connectivity index (χ3v) is 3.58. The zero-order valence-corrected chi connectivity index (χ0v) is 9.83. The van der Waals surface area contributed by atoms with Crippen LogP contribution in [0.2, 0.25) is 0 Å². The molecule has 1 aliphatic rings. The van der Waals surface area contributed by atoms with Gasteiger partial charge in [-0.3, -0.25) is 0 Å². The third-order valence-electron chi connectivity index (χ3n) is 3.58. The Morgan fingerprint density at radius 1 is 1.40 bits per heavy atom. The fraction of sp³-hybridized carbons (Fsp3) is 0.538. The number of hydrogen-bond acceptors (Lipinski definition) is 2. The molecule has 0 saturated heterocycles. The van der Waals surface area contributed by atoms with Gasteiger partial charge in [0.2, 0.25) is 0 Å². The number of benzene rings is 1. The molecule has 2 heteroatoms. The lowest BCUT2D eigenvalue weighted by atomic mass is 10.1. The Balaban J connectivity index is 2.28. The van der Waals surface area contributed by atoms with Crippen molar-refractivity contribution in [3.05, 3.63) is 35.4 Å². The van der Waals surface area contributed by atoms with E-state index in [1.807, 2.05) is 0 Å². The van der Waals surface area contributed by atoms with Gasteiger partial charge in [-0.1, -0.05) is 31.2 Å². The van der Waals surface area contributed by atoms with Crippen LogP contribution in [0.1, 0.15) is 24.1 Å². The second-order valence-corrected chi connectivity index (χ2v) is 4.31. The normalized spacial score (nSPS) is 24.5. The molecule has 0 spiro atoms. The van der Waals surface area contributed by atoms with Crippen molar-refractivity contribution in [2.24, 2.45) is 0 Å². The third kappa shape index (κ3) is 1.80. The highest BCUT2D eigenvalue weighted by Gasteiger charge is 2.32. The predicted molar refractivity (Wildman–Crippen MR) is 64.0 cm³/mol. The van der Waals surface area contributed by atoms with Gasteiger partial charge in [-0.05, 0) is 38.2 Å². The van der Waals surface area contributed by atoms with Crippen LogP contribution in [-0.4, -0.2) is 31.6 Å². The second-order valence-electron chi connectivity index (χ2n) is 4.31. The standard InChI is InChI=1S/C13H20N2/c1-4-15(3)12-9-10-7-5-6-8-11(10)13(12)14-2/h5-8,12-14H,4,9H2,1-3H3. The van der Waals surface area contributed by atoms with E-state index in [-0.39, 0.29) is 0 Å². The molecule has 0 aliphatic heterocycles. The monoisotopic (exact) mass is 204 g/mol. The van der Waals surface area contributed by atoms with Gasteiger partial charge >= 0.3 is 0 Å². The SMILES string of the molecule is CCN(C)C1Cc2ccccc2C1NC. The minimum absolute atomic E-state index is 0.492. The first-order valence-electron chi connectivity index (χ1n) is 5.73. The Hall–Kier alpha value is -0.860. The first-order valence-corrected chi connectivity index (χ1v) is 5.73. The minimum Gasteiger partial charge on any atom is -0.312 e. The predicted octanol–water partition coefficient (Wildman–Crippen LogP) is 1.82. The van der Waals surface area contributed by atoms with Crippen LogP contribution in [0.4, 0.5) is 0 Å². The molecule has 0 aromatic heterocycles. The van der Waals surface area contributed by atoms with E-state index in [2.05, 4.69) is 55.5 Å². The van der Waals surface area contributed by atoms with Crippen molar-refractivity contribution in [1.82, 2.24) is 10.2 Å². The molecule has 0 heterocycles. The van der Waals surface area contributed by atoms with Crippen molar-refractivity contribution in [1.29, 1.82) is 0 Å². The Kier molecular flexibility index (Phi) is 3.08. The van der Waals surface area contributed by atoms with Crippen molar-refractivity contribution in [3.63, 3.8) is 0 Å². The van der Waals surface area contributed by atoms with Crippen LogP contribution in [0, 0.1) is 0 Å². The van der Waals surface area contributed by atoms with Crippen molar-refractivity contribution in [2.45, 2.75) is 25.4 Å². The second kappa shape index (κ2) is 4.33. The van der Waals surface area contributed by atoms with Crippen molar-refractivity contribution >= 4 is 0 Å². The van der Waals surface area contributed by atoms with Crippen molar-refractivity contribution in [3.8, 4) is 0 Å². The van der Waals surface area contributed by atoms with Crippen molar-refractivity contribution in [2.75, 3.05) is 20.6 Å². The lowest BCUT2D eigenvalue weighted by Gasteiger charge is -2.28. The summed E-state index contributed by atoms with van der Waals surface area (Å²) in [6.07, 6.45) is 1.17. The van der Waals surface area contributed by atoms with Crippen LogP contribution in [0.5, 0.6) is 0 Å². The molecule has 0 saturated carbocycles. The van der Waals surface area contributed by atoms with E-state index < -0.39 is 0 Å². The lowest BCUT2D eigenvalue weighted by molar-refractivity contribution is 0.218. The van der Waals surface area contributed by atoms with E-state index in [0.717, 1.165) is 6.54 Å². The summed E-state index contributed by atoms with van der Waals surface area (Å²) in [5, 5.41) is 3.44. The number of fused-ring (bicyclic) bond motifs is 1. The molecule has 1 N–H and O–H groups in total. The van der Waals surface area contributed by atoms with Gasteiger partial charge in [0.15, 0.2) is 0 Å². The van der Waals surface area contributed by atoms with Crippen LogP contribution >= 0.6 is 0 Å². The summed E-state index contributed by atoms with van der Waals surface area (Å²) in [4.78, 5) is 2.43. The summed E-state index contributed by atoms with van der Waals surface area (Å²) in [7, 11) is 4.27. The quantitative estimate of drug-likeness (QED) is 0.808. The van der Waals surface area contributed by atoms with Gasteiger partial charge < -0.3 is 10.2 Å². The topological polar surface area (TPSA) is 15.3 Å². The number of likely N-dealkylation sites (N-methyl/N-ethyl adjacent to an activating group) is 2. The average Bonchev–Trinajstić information content (AvgIpc) is 2.66. The van der Waals surface area contributed by atoms with Gasteiger partial charge in [0.1, 0.15) is 0 Å². The Morgan fingerprint density at radius 2 is 2.13 bits per heavy atom. The Morgan fingerprint density at radius 3 is 2.80 bits per heavy atom. The molecule has 0 bridgehead atoms. The largest absolute Gasteiger partial charge is 0.312 e. The molecule has 0 fully saturated rings. The van der Waals surface area contributed by atoms with Gasteiger partial charge in [0, 0.05) is 12.1 Å². The van der Waals surface area contributed by atoms with Crippen molar-refractivity contribution < 1.29 is 0 Å². The Labute approximate surface area is 92.3 Å². The lowest BCUT2D eigenvalue weighted by Crippen LogP contribution is -2.39. The summed E-state index contributed by atoms with van der Waals surface area (Å²) in [6.45, 7) is 3.33. The molecule has 2 rings (SSSR count). The molecule has 1 aromatic carbocycles. The van der Waals surface area contributed by atoms with Crippen LogP contribution in [-0.2, 0) is 6.42 Å². The van der Waals surface area contributed by atoms with Gasteiger partial charge in [0.05, 0.1) is 0 Å². The maximum absolute atomic E-state index is 3.44. The van der Waals surface area contributed by atoms with E-state index in [4.69, 9.17) is 0 Å². The highest BCUT2D eigenvalue weighted by Crippen LogP contribution is 2.33. The van der Waals surface area contributed by atoms with Crippen LogP contribution in [0.25, 0.3) is 0 Å². The summed E-state index contributed by atoms with van der Waals surface area (Å²) in [5.41, 5.74) is 2.98. The average molecular weight is 204 g/mol. The number of nitrogens with one attached hydrogen (secondary N) is 1. The van der Waals surface area contributed by atoms with Crippen LogP contribution in [0.3, 0.4) is 0 Å². The smallest absolute Gasteiger partial charge is 0.0481 e. The van der Waals surface area contributed by atoms with E-state index in [9.17, 15) is 0 Å². The molecule has 82 valence electrons. The fourth-order valence-electron chi connectivity index (χ4n) is 2.57. The van der Waals surface area contributed by atoms with Gasteiger partial charge in [-0.25, -0.2) is 0 Å². The molecule has 1 aromatic rings. The number of nitrogens with zero attached hydrogens (tertiary/aromatic N) is 1. The van der Waals surface area contributed by atoms with E-state index in [1.54, 1.807) is 0 Å². The van der Waals surface area contributed by atoms with Gasteiger partial charge in [0.25, 0.3) is 0 Å². The Bertz CT molecular complexity index is 335. The molecule has 1 aliphatic carbocycles. The molecular weight excluding hydrogens is 184 g/mol. The van der Waals surface area contributed by atoms with Crippen LogP contribution < -0.4 is 5.32 Å². The molecule has 2 atom stereocenters. The minimum atomic E-state index is 0.492. The van der Waals surface area contributed by atoms with E-state index in [1.165, 1.54) is 17.5 Å². The number of hydrogen-bond donors (Lipinski definition) is 1. The molecule has 0 amide bonds. The molecule has 2 nitrogen and oxygen atoms in total. The van der Waals surface area contributed by atoms with E-state index >= 15 is 0 Å². The molecule has 2 unspecified atom stereocenters. The zero-order valence-electron chi connectivity index (χ0n) is 9.83. The maximum atomic E-state index is 3.44. The summed E-state index contributed by atoms with van der Waals surface area (Å²) < 4.78 is 0. The maximum Gasteiger partial charge on any atom is 0.0481 e. The number of rotatable bonds is 3. The van der Waals surface area contributed by atoms with Gasteiger partial charge in [-0.2, -0.15) is 0 Å². The highest BCUT2D eigenvalue weighted by atomic mass is 15.2. The molecular formula is C13H20N2. The zero-order chi connectivity index (χ0) is 10.8.